The van der Waals surface area contributed by atoms with Gasteiger partial charge in [0.2, 0.25) is 11.8 Å². The molecule has 0 radical (unpaired) electrons. The monoisotopic (exact) mass is 386 g/mol. The molecule has 1 aliphatic carbocycles. The number of amides is 2. The summed E-state index contributed by atoms with van der Waals surface area (Å²) in [5, 5.41) is 6.20. The van der Waals surface area contributed by atoms with Crippen molar-refractivity contribution < 1.29 is 19.1 Å². The molecule has 0 saturated heterocycles. The number of ether oxygens (including phenoxy) is 2. The minimum Gasteiger partial charge on any atom is -0.486 e. The zero-order valence-corrected chi connectivity index (χ0v) is 15.6. The highest BCUT2D eigenvalue weighted by atomic mass is 35.5. The van der Waals surface area contributed by atoms with Crippen LogP contribution in [0.3, 0.4) is 0 Å². The lowest BCUT2D eigenvalue weighted by Gasteiger charge is -2.20. The summed E-state index contributed by atoms with van der Waals surface area (Å²) >= 11 is 6.01. The summed E-state index contributed by atoms with van der Waals surface area (Å²) in [5.74, 6) is 0.594. The highest BCUT2D eigenvalue weighted by Gasteiger charge is 2.56. The molecule has 0 aromatic heterocycles. The van der Waals surface area contributed by atoms with Crippen LogP contribution in [0.25, 0.3) is 0 Å². The normalized spacial score (nSPS) is 16.4. The molecular weight excluding hydrogens is 368 g/mol. The Morgan fingerprint density at radius 1 is 0.963 bits per heavy atom. The van der Waals surface area contributed by atoms with Crippen LogP contribution in [0.1, 0.15) is 18.4 Å². The molecular formula is C20H19ClN2O4. The van der Waals surface area contributed by atoms with Gasteiger partial charge in [-0.1, -0.05) is 17.7 Å². The Morgan fingerprint density at radius 3 is 2.41 bits per heavy atom. The topological polar surface area (TPSA) is 76.7 Å². The maximum atomic E-state index is 12.8. The van der Waals surface area contributed by atoms with Gasteiger partial charge in [-0.2, -0.15) is 0 Å². The molecule has 1 aliphatic heterocycles. The van der Waals surface area contributed by atoms with Gasteiger partial charge in [0.1, 0.15) is 18.6 Å². The first-order valence-corrected chi connectivity index (χ1v) is 9.14. The summed E-state index contributed by atoms with van der Waals surface area (Å²) in [6, 6.07) is 10.5. The number of carbonyl (C=O) groups is 2. The van der Waals surface area contributed by atoms with Gasteiger partial charge >= 0.3 is 0 Å². The highest BCUT2D eigenvalue weighted by Crippen LogP contribution is 2.48. The maximum absolute atomic E-state index is 12.8. The molecule has 2 amide bonds. The van der Waals surface area contributed by atoms with Gasteiger partial charge in [-0.15, -0.1) is 0 Å². The number of carbonyl (C=O) groups excluding carboxylic acids is 2. The molecule has 6 nitrogen and oxygen atoms in total. The number of anilines is 2. The molecule has 2 aromatic carbocycles. The predicted molar refractivity (Wildman–Crippen MR) is 103 cm³/mol. The van der Waals surface area contributed by atoms with Crippen LogP contribution in [0.15, 0.2) is 36.4 Å². The minimum atomic E-state index is -1.05. The van der Waals surface area contributed by atoms with Crippen molar-refractivity contribution in [2.75, 3.05) is 23.8 Å². The number of benzene rings is 2. The molecule has 1 fully saturated rings. The van der Waals surface area contributed by atoms with Crippen LogP contribution in [-0.2, 0) is 9.59 Å². The third-order valence-electron chi connectivity index (χ3n) is 4.87. The first kappa shape index (κ1) is 17.7. The number of nitrogens with one attached hydrogen (secondary N) is 2. The minimum absolute atomic E-state index is 0.317. The van der Waals surface area contributed by atoms with Crippen LogP contribution < -0.4 is 20.1 Å². The Hall–Kier alpha value is -2.73. The summed E-state index contributed by atoms with van der Waals surface area (Å²) in [6.45, 7) is 2.85. The van der Waals surface area contributed by atoms with Gasteiger partial charge in [-0.3, -0.25) is 9.59 Å². The van der Waals surface area contributed by atoms with Gasteiger partial charge in [-0.25, -0.2) is 0 Å². The van der Waals surface area contributed by atoms with Crippen molar-refractivity contribution in [1.29, 1.82) is 0 Å². The zero-order valence-electron chi connectivity index (χ0n) is 14.8. The van der Waals surface area contributed by atoms with Gasteiger partial charge in [0.25, 0.3) is 0 Å². The maximum Gasteiger partial charge on any atom is 0.240 e. The van der Waals surface area contributed by atoms with Crippen LogP contribution in [0, 0.1) is 12.3 Å². The number of fused-ring (bicyclic) bond motifs is 1. The van der Waals surface area contributed by atoms with E-state index in [0.29, 0.717) is 54.0 Å². The van der Waals surface area contributed by atoms with E-state index in [1.165, 1.54) is 0 Å². The van der Waals surface area contributed by atoms with E-state index in [4.69, 9.17) is 21.1 Å². The summed E-state index contributed by atoms with van der Waals surface area (Å²) in [4.78, 5) is 25.5. The van der Waals surface area contributed by atoms with E-state index >= 15 is 0 Å². The van der Waals surface area contributed by atoms with Crippen LogP contribution in [0.5, 0.6) is 11.5 Å². The van der Waals surface area contributed by atoms with Gasteiger partial charge in [0, 0.05) is 22.5 Å². The van der Waals surface area contributed by atoms with E-state index in [-0.39, 0.29) is 11.8 Å². The summed E-state index contributed by atoms with van der Waals surface area (Å²) in [6.07, 6.45) is 1.02. The quantitative estimate of drug-likeness (QED) is 0.784. The predicted octanol–water partition coefficient (Wildman–Crippen LogP) is 3.78. The van der Waals surface area contributed by atoms with E-state index in [1.54, 1.807) is 30.3 Å². The molecule has 1 saturated carbocycles. The first-order chi connectivity index (χ1) is 13.0. The molecule has 0 bridgehead atoms. The second-order valence-corrected chi connectivity index (χ2v) is 7.24. The number of hydrogen-bond donors (Lipinski definition) is 2. The zero-order chi connectivity index (χ0) is 19.0. The fourth-order valence-electron chi connectivity index (χ4n) is 3.02. The van der Waals surface area contributed by atoms with E-state index < -0.39 is 5.41 Å². The van der Waals surface area contributed by atoms with E-state index in [1.807, 2.05) is 13.0 Å². The second kappa shape index (κ2) is 6.78. The van der Waals surface area contributed by atoms with Crippen molar-refractivity contribution in [3.63, 3.8) is 0 Å². The Morgan fingerprint density at radius 2 is 1.67 bits per heavy atom. The third kappa shape index (κ3) is 3.45. The van der Waals surface area contributed by atoms with Gasteiger partial charge in [-0.05, 0) is 49.6 Å². The van der Waals surface area contributed by atoms with Gasteiger partial charge < -0.3 is 20.1 Å². The Balaban J connectivity index is 1.48. The third-order valence-corrected chi connectivity index (χ3v) is 5.10. The van der Waals surface area contributed by atoms with E-state index in [9.17, 15) is 9.59 Å². The molecule has 0 spiro atoms. The van der Waals surface area contributed by atoms with Crippen molar-refractivity contribution in [3.8, 4) is 11.5 Å². The molecule has 0 atom stereocenters. The molecule has 27 heavy (non-hydrogen) atoms. The van der Waals surface area contributed by atoms with E-state index in [0.717, 1.165) is 5.56 Å². The Bertz CT molecular complexity index is 924. The van der Waals surface area contributed by atoms with Crippen LogP contribution >= 0.6 is 11.6 Å². The van der Waals surface area contributed by atoms with E-state index in [2.05, 4.69) is 10.6 Å². The number of rotatable bonds is 4. The smallest absolute Gasteiger partial charge is 0.240 e. The lowest BCUT2D eigenvalue weighted by Crippen LogP contribution is -2.35. The SMILES string of the molecule is Cc1ccc(Cl)cc1NC(=O)C1(C(=O)Nc2ccc3c(c2)OCCO3)CC1. The molecule has 2 aliphatic rings. The fourth-order valence-corrected chi connectivity index (χ4v) is 3.20. The average Bonchev–Trinajstić information content (AvgIpc) is 3.47. The molecule has 2 N–H and O–H groups in total. The van der Waals surface area contributed by atoms with Crippen LogP contribution in [0.2, 0.25) is 5.02 Å². The fraction of sp³-hybridized carbons (Fsp3) is 0.300. The molecule has 2 aromatic rings. The van der Waals surface area contributed by atoms with Gasteiger partial charge in [0.15, 0.2) is 11.5 Å². The lowest BCUT2D eigenvalue weighted by atomic mass is 10.0. The van der Waals surface area contributed by atoms with Gasteiger partial charge in [0.05, 0.1) is 0 Å². The highest BCUT2D eigenvalue weighted by molar-refractivity contribution is 6.31. The van der Waals surface area contributed by atoms with Crippen molar-refractivity contribution in [2.45, 2.75) is 19.8 Å². The van der Waals surface area contributed by atoms with Crippen LogP contribution in [0.4, 0.5) is 11.4 Å². The van der Waals surface area contributed by atoms with Crippen LogP contribution in [-0.4, -0.2) is 25.0 Å². The molecule has 0 unspecified atom stereocenters. The number of halogens is 1. The summed E-state index contributed by atoms with van der Waals surface area (Å²) < 4.78 is 11.0. The first-order valence-electron chi connectivity index (χ1n) is 8.77. The summed E-state index contributed by atoms with van der Waals surface area (Å²) in [7, 11) is 0. The van der Waals surface area contributed by atoms with Crippen molar-refractivity contribution in [3.05, 3.63) is 47.0 Å². The van der Waals surface area contributed by atoms with Crippen molar-refractivity contribution >= 4 is 34.8 Å². The average molecular weight is 387 g/mol. The molecule has 4 rings (SSSR count). The molecule has 7 heteroatoms. The Kier molecular flexibility index (Phi) is 4.44. The second-order valence-electron chi connectivity index (χ2n) is 6.81. The number of hydrogen-bond acceptors (Lipinski definition) is 4. The summed E-state index contributed by atoms with van der Waals surface area (Å²) in [5.41, 5.74) is 1.02. The standard InChI is InChI=1S/C20H19ClN2O4/c1-12-2-3-13(21)10-15(12)23-19(25)20(6-7-20)18(24)22-14-4-5-16-17(11-14)27-9-8-26-16/h2-5,10-11H,6-9H2,1H3,(H,22,24)(H,23,25). The largest absolute Gasteiger partial charge is 0.486 e. The Labute approximate surface area is 161 Å². The number of aryl methyl sites for hydroxylation is 1. The van der Waals surface area contributed by atoms with Crippen molar-refractivity contribution in [1.82, 2.24) is 0 Å². The molecule has 140 valence electrons. The van der Waals surface area contributed by atoms with Crippen molar-refractivity contribution in [2.24, 2.45) is 5.41 Å². The lowest BCUT2D eigenvalue weighted by molar-refractivity contribution is -0.131. The molecule has 1 heterocycles.